The van der Waals surface area contributed by atoms with E-state index in [9.17, 15) is 0 Å². The zero-order valence-electron chi connectivity index (χ0n) is 2.97. The first-order valence-corrected chi connectivity index (χ1v) is 3.75. The maximum atomic E-state index is 5.00. The molecule has 0 bridgehead atoms. The number of aromatic nitrogens is 2. The van der Waals surface area contributed by atoms with Crippen molar-refractivity contribution in [2.75, 3.05) is 5.84 Å². The zero-order valence-corrected chi connectivity index (χ0v) is 5.12. The van der Waals surface area contributed by atoms with Gasteiger partial charge in [0.05, 0.1) is 21.0 Å². The Kier molecular flexibility index (Phi) is 0.754. The smallest absolute Gasteiger partial charge is 0.0658 e. The largest absolute Gasteiger partial charge is 0.289 e. The van der Waals surface area contributed by atoms with Gasteiger partial charge in [-0.3, -0.25) is 5.84 Å². The van der Waals surface area contributed by atoms with Crippen LogP contribution < -0.4 is 5.84 Å². The molecule has 6 heavy (non-hydrogen) atoms. The highest BCUT2D eigenvalue weighted by atomic mass is 127. The van der Waals surface area contributed by atoms with Crippen LogP contribution in [0.25, 0.3) is 0 Å². The van der Waals surface area contributed by atoms with Gasteiger partial charge in [-0.2, -0.15) is 0 Å². The van der Waals surface area contributed by atoms with E-state index in [0.29, 0.717) is 0 Å². The third kappa shape index (κ3) is 0.490. The first-order chi connectivity index (χ1) is 2.84. The van der Waals surface area contributed by atoms with Gasteiger partial charge in [-0.15, -0.1) is 0 Å². The second-order valence-electron chi connectivity index (χ2n) is 0.730. The molecule has 5 heteroatoms. The lowest BCUT2D eigenvalue weighted by atomic mass is 12.0. The fraction of sp³-hybridized carbons (Fsp3) is 0. The van der Waals surface area contributed by atoms with Crippen LogP contribution in [0.2, 0.25) is 0 Å². The van der Waals surface area contributed by atoms with Crippen LogP contribution in [-0.2, 0) is 0 Å². The minimum atomic E-state index is -0.219. The van der Waals surface area contributed by atoms with Crippen LogP contribution in [0.1, 0.15) is 0 Å². The number of hydrogen-bond acceptors (Lipinski definition) is 2. The lowest BCUT2D eigenvalue weighted by molar-refractivity contribution is 0.484. The van der Waals surface area contributed by atoms with E-state index in [0.717, 1.165) is 0 Å². The quantitative estimate of drug-likeness (QED) is 0.503. The van der Waals surface area contributed by atoms with Gasteiger partial charge in [0.1, 0.15) is 0 Å². The van der Waals surface area contributed by atoms with Gasteiger partial charge in [0.15, 0.2) is 0 Å². The molecule has 0 aliphatic carbocycles. The number of halogens is 1. The normalized spacial score (nSPS) is 10.0. The Labute approximate surface area is 44.5 Å². The molecule has 36 valence electrons. The van der Waals surface area contributed by atoms with Crippen molar-refractivity contribution in [2.45, 2.75) is 0 Å². The van der Waals surface area contributed by atoms with Crippen molar-refractivity contribution in [3.8, 4) is 0 Å². The number of rotatable bonds is 1. The molecule has 1 aromatic heterocycles. The van der Waals surface area contributed by atoms with Crippen LogP contribution in [0.4, 0.5) is 0 Å². The van der Waals surface area contributed by atoms with E-state index < -0.39 is 0 Å². The van der Waals surface area contributed by atoms with E-state index in [-0.39, 0.29) is 21.0 Å². The molecule has 1 heterocycles. The fourth-order valence-electron chi connectivity index (χ4n) is 0.127. The highest BCUT2D eigenvalue weighted by Crippen LogP contribution is 2.00. The van der Waals surface area contributed by atoms with Crippen molar-refractivity contribution in [3.05, 3.63) is 0 Å². The van der Waals surface area contributed by atoms with Crippen LogP contribution in [0.5, 0.6) is 0 Å². The summed E-state index contributed by atoms with van der Waals surface area (Å²) in [5, 5.41) is 0. The molecule has 0 unspecified atom stereocenters. The Morgan fingerprint density at radius 1 is 1.83 bits per heavy atom. The molecule has 1 rings (SSSR count). The average molecular weight is 201 g/mol. The highest BCUT2D eigenvalue weighted by Gasteiger charge is 1.96. The SMILES string of the molecule is C=In1on1N. The summed E-state index contributed by atoms with van der Waals surface area (Å²) >= 11 is -0.219. The fourth-order valence-corrected chi connectivity index (χ4v) is 0.733. The Morgan fingerprint density at radius 2 is 2.33 bits per heavy atom. The predicted octanol–water partition coefficient (Wildman–Crippen LogP) is -0.238. The molecular formula is CH4IN3O. The molecule has 2 N–H and O–H groups in total. The molecule has 1 aromatic rings. The Bertz CT molecular complexity index is 137. The second-order valence-corrected chi connectivity index (χ2v) is 2.24. The van der Waals surface area contributed by atoms with Crippen molar-refractivity contribution in [2.24, 2.45) is 0 Å². The molecule has 4 nitrogen and oxygen atoms in total. The molecule has 0 saturated carbocycles. The number of nitrogens with two attached hydrogens (primary N) is 1. The van der Waals surface area contributed by atoms with Crippen molar-refractivity contribution in [3.63, 3.8) is 0 Å². The summed E-state index contributed by atoms with van der Waals surface area (Å²) in [6.45, 7) is 0. The van der Waals surface area contributed by atoms with Gasteiger partial charge < -0.3 is 0 Å². The van der Waals surface area contributed by atoms with Crippen molar-refractivity contribution in [1.29, 1.82) is 0 Å². The summed E-state index contributed by atoms with van der Waals surface area (Å²) in [5.74, 6) is 5.00. The summed E-state index contributed by atoms with van der Waals surface area (Å²) in [5.41, 5.74) is 0. The molecule has 0 fully saturated rings. The lowest BCUT2D eigenvalue weighted by Gasteiger charge is -1.58. The topological polar surface area (TPSA) is 49.0 Å². The standard InChI is InChI=1S/CH4IN3O/c1-2-4-5(3)6-4/h1,3H2. The van der Waals surface area contributed by atoms with E-state index in [1.807, 2.05) is 0 Å². The average Bonchev–Trinajstić information content (AvgIpc) is 2.19. The van der Waals surface area contributed by atoms with Gasteiger partial charge in [0, 0.05) is 4.96 Å². The van der Waals surface area contributed by atoms with Crippen LogP contribution >= 0.6 is 21.0 Å². The summed E-state index contributed by atoms with van der Waals surface area (Å²) in [7, 11) is 0. The third-order valence-electron chi connectivity index (χ3n) is 0.384. The van der Waals surface area contributed by atoms with E-state index in [2.05, 4.69) is 9.14 Å². The Hall–Kier alpha value is -0.200. The molecule has 0 aromatic carbocycles. The van der Waals surface area contributed by atoms with Gasteiger partial charge in [0.25, 0.3) is 0 Å². The maximum Gasteiger partial charge on any atom is 0.0658 e. The van der Waals surface area contributed by atoms with Crippen molar-refractivity contribution < 1.29 is 4.63 Å². The molecule has 0 atom stereocenters. The molecular weight excluding hydrogens is 197 g/mol. The van der Waals surface area contributed by atoms with Crippen molar-refractivity contribution >= 4 is 25.5 Å². The van der Waals surface area contributed by atoms with Gasteiger partial charge in [0.2, 0.25) is 0 Å². The highest BCUT2D eigenvalue weighted by molar-refractivity contribution is 14.2. The zero-order chi connectivity index (χ0) is 4.57. The first kappa shape index (κ1) is 3.97. The number of hydrogen-bond donors (Lipinski definition) is 1. The number of nitrogen functional groups attached to an aromatic ring is 1. The minimum absolute atomic E-state index is 0.219. The molecule has 0 radical (unpaired) electrons. The van der Waals surface area contributed by atoms with Gasteiger partial charge in [-0.25, -0.2) is 4.63 Å². The summed E-state index contributed by atoms with van der Waals surface area (Å²) in [6.07, 6.45) is 0. The number of nitrogens with zero attached hydrogens (tertiary/aromatic N) is 2. The Morgan fingerprint density at radius 3 is 2.33 bits per heavy atom. The van der Waals surface area contributed by atoms with E-state index >= 15 is 0 Å². The summed E-state index contributed by atoms with van der Waals surface area (Å²) < 4.78 is 9.61. The molecule has 0 saturated heterocycles. The Balaban J connectivity index is 2.67. The maximum absolute atomic E-state index is 5.00. The third-order valence-corrected chi connectivity index (χ3v) is 1.57. The monoisotopic (exact) mass is 201 g/mol. The molecule has 0 aliphatic heterocycles. The van der Waals surface area contributed by atoms with Crippen LogP contribution in [0, 0.1) is 0 Å². The second kappa shape index (κ2) is 1.14. The molecule has 0 aliphatic rings. The van der Waals surface area contributed by atoms with Crippen molar-refractivity contribution in [1.82, 2.24) is 8.03 Å². The van der Waals surface area contributed by atoms with Gasteiger partial charge in [-0.1, -0.05) is 0 Å². The molecule has 0 spiro atoms. The van der Waals surface area contributed by atoms with Gasteiger partial charge >= 0.3 is 0 Å². The van der Waals surface area contributed by atoms with E-state index in [4.69, 9.17) is 5.84 Å². The van der Waals surface area contributed by atoms with Gasteiger partial charge in [-0.05, 0) is 7.58 Å². The minimum Gasteiger partial charge on any atom is -0.289 e. The van der Waals surface area contributed by atoms with Crippen LogP contribution in [0.3, 0.4) is 0 Å². The summed E-state index contributed by atoms with van der Waals surface area (Å²) in [6, 6.07) is 0. The molecule has 0 amide bonds. The van der Waals surface area contributed by atoms with Crippen LogP contribution in [-0.4, -0.2) is 12.5 Å². The van der Waals surface area contributed by atoms with E-state index in [1.54, 1.807) is 0 Å². The predicted molar refractivity (Wildman–Crippen MR) is 31.4 cm³/mol. The van der Waals surface area contributed by atoms with Crippen LogP contribution in [0.15, 0.2) is 4.63 Å². The first-order valence-electron chi connectivity index (χ1n) is 1.26. The summed E-state index contributed by atoms with van der Waals surface area (Å²) in [4.78, 5) is 1.17. The van der Waals surface area contributed by atoms with E-state index in [1.165, 1.54) is 8.03 Å². The lowest BCUT2D eigenvalue weighted by Crippen LogP contribution is -1.97.